The van der Waals surface area contributed by atoms with Crippen molar-refractivity contribution in [2.24, 2.45) is 4.99 Å². The zero-order valence-electron chi connectivity index (χ0n) is 14.3. The molecule has 0 aliphatic carbocycles. The van der Waals surface area contributed by atoms with Crippen LogP contribution in [0.4, 0.5) is 5.69 Å². The monoisotopic (exact) mass is 393 g/mol. The number of hydrogen-bond donors (Lipinski definition) is 2. The molecule has 2 heterocycles. The van der Waals surface area contributed by atoms with Crippen LogP contribution in [-0.4, -0.2) is 21.4 Å². The molecular formula is C20H15N3O2S2. The fourth-order valence-electron chi connectivity index (χ4n) is 2.88. The average molecular weight is 393 g/mol. The van der Waals surface area contributed by atoms with Gasteiger partial charge in [-0.15, -0.1) is 0 Å². The van der Waals surface area contributed by atoms with Gasteiger partial charge in [-0.1, -0.05) is 47.7 Å². The Morgan fingerprint density at radius 1 is 1.19 bits per heavy atom. The minimum atomic E-state index is -0.344. The van der Waals surface area contributed by atoms with Crippen LogP contribution in [0.3, 0.4) is 0 Å². The van der Waals surface area contributed by atoms with Gasteiger partial charge >= 0.3 is 0 Å². The Hall–Kier alpha value is -3.03. The lowest BCUT2D eigenvalue weighted by molar-refractivity contribution is 0.101. The minimum Gasteiger partial charge on any atom is -0.492 e. The van der Waals surface area contributed by atoms with Gasteiger partial charge < -0.3 is 5.11 Å². The van der Waals surface area contributed by atoms with Crippen LogP contribution >= 0.6 is 23.6 Å². The highest BCUT2D eigenvalue weighted by molar-refractivity contribution is 7.73. The van der Waals surface area contributed by atoms with Gasteiger partial charge in [0.1, 0.15) is 0 Å². The number of nitrogens with zero attached hydrogens (tertiary/aromatic N) is 2. The van der Waals surface area contributed by atoms with E-state index in [0.29, 0.717) is 14.4 Å². The number of amides is 1. The van der Waals surface area contributed by atoms with Crippen LogP contribution in [0.5, 0.6) is 5.88 Å². The summed E-state index contributed by atoms with van der Waals surface area (Å²) in [6.07, 6.45) is 1.85. The second-order valence-corrected chi connectivity index (χ2v) is 7.65. The first-order valence-corrected chi connectivity index (χ1v) is 9.45. The molecule has 0 atom stereocenters. The number of aromatic hydroxyl groups is 1. The van der Waals surface area contributed by atoms with Crippen molar-refractivity contribution in [2.45, 2.75) is 6.92 Å². The van der Waals surface area contributed by atoms with Crippen LogP contribution in [0, 0.1) is 3.95 Å². The molecule has 5 nitrogen and oxygen atoms in total. The molecule has 134 valence electrons. The molecule has 0 fully saturated rings. The van der Waals surface area contributed by atoms with Crippen LogP contribution in [0.25, 0.3) is 11.6 Å². The summed E-state index contributed by atoms with van der Waals surface area (Å²) in [5.74, 6) is -0.443. The molecule has 27 heavy (non-hydrogen) atoms. The fourth-order valence-corrected chi connectivity index (χ4v) is 4.05. The standard InChI is InChI=1S/C20H15N3O2S2/c1-12-15(14-9-5-6-10-16(14)21-12)11-17-19(25)23(20(26)27-17)22-18(24)13-7-3-2-4-8-13/h2-11,25H,1H3,(H,22,24)/b15-11-. The summed E-state index contributed by atoms with van der Waals surface area (Å²) in [4.78, 5) is 17.5. The molecule has 4 rings (SSSR count). The lowest BCUT2D eigenvalue weighted by Gasteiger charge is -2.07. The summed E-state index contributed by atoms with van der Waals surface area (Å²) in [5, 5.41) is 10.6. The first-order chi connectivity index (χ1) is 13.0. The van der Waals surface area contributed by atoms with Gasteiger partial charge in [-0.3, -0.25) is 15.2 Å². The highest BCUT2D eigenvalue weighted by atomic mass is 32.1. The largest absolute Gasteiger partial charge is 0.492 e. The predicted molar refractivity (Wildman–Crippen MR) is 112 cm³/mol. The van der Waals surface area contributed by atoms with Crippen LogP contribution < -0.4 is 5.43 Å². The molecule has 0 bridgehead atoms. The number of aromatic nitrogens is 1. The molecule has 1 aliphatic rings. The molecule has 1 amide bonds. The molecule has 2 N–H and O–H groups in total. The maximum Gasteiger partial charge on any atom is 0.270 e. The third-order valence-electron chi connectivity index (χ3n) is 4.21. The van der Waals surface area contributed by atoms with Crippen molar-refractivity contribution in [1.82, 2.24) is 4.68 Å². The summed E-state index contributed by atoms with van der Waals surface area (Å²) in [5.41, 5.74) is 6.84. The number of benzene rings is 2. The van der Waals surface area contributed by atoms with Gasteiger partial charge in [0.2, 0.25) is 5.88 Å². The summed E-state index contributed by atoms with van der Waals surface area (Å²) in [6, 6.07) is 16.6. The third kappa shape index (κ3) is 3.22. The number of thiazole rings is 1. The maximum absolute atomic E-state index is 12.4. The molecule has 0 radical (unpaired) electrons. The van der Waals surface area contributed by atoms with E-state index in [-0.39, 0.29) is 11.8 Å². The molecule has 0 saturated heterocycles. The Bertz CT molecular complexity index is 1160. The lowest BCUT2D eigenvalue weighted by atomic mass is 10.0. The van der Waals surface area contributed by atoms with E-state index in [0.717, 1.165) is 22.5 Å². The smallest absolute Gasteiger partial charge is 0.270 e. The summed E-state index contributed by atoms with van der Waals surface area (Å²) in [7, 11) is 0. The number of aliphatic imine (C=N–C) groups is 1. The molecular weight excluding hydrogens is 378 g/mol. The van der Waals surface area contributed by atoms with Crippen molar-refractivity contribution >= 4 is 52.5 Å². The molecule has 0 unspecified atom stereocenters. The van der Waals surface area contributed by atoms with Crippen LogP contribution in [0.1, 0.15) is 27.7 Å². The SMILES string of the molecule is CC1=Nc2ccccc2/C1=C\c1sc(=S)n(NC(=O)c2ccccc2)c1O. The zero-order chi connectivity index (χ0) is 19.0. The predicted octanol–water partition coefficient (Wildman–Crippen LogP) is 5.02. The molecule has 2 aromatic carbocycles. The summed E-state index contributed by atoms with van der Waals surface area (Å²) in [6.45, 7) is 1.93. The quantitative estimate of drug-likeness (QED) is 0.614. The number of carbonyl (C=O) groups excluding carboxylic acids is 1. The van der Waals surface area contributed by atoms with Gasteiger partial charge in [-0.05, 0) is 43.4 Å². The average Bonchev–Trinajstić information content (AvgIpc) is 3.13. The first-order valence-electron chi connectivity index (χ1n) is 8.22. The van der Waals surface area contributed by atoms with E-state index in [1.165, 1.54) is 16.0 Å². The van der Waals surface area contributed by atoms with Crippen LogP contribution in [-0.2, 0) is 0 Å². The zero-order valence-corrected chi connectivity index (χ0v) is 16.0. The number of allylic oxidation sites excluding steroid dienone is 1. The van der Waals surface area contributed by atoms with E-state index in [1.54, 1.807) is 24.3 Å². The van der Waals surface area contributed by atoms with Gasteiger partial charge in [0.25, 0.3) is 5.91 Å². The molecule has 1 aliphatic heterocycles. The highest BCUT2D eigenvalue weighted by Gasteiger charge is 2.20. The van der Waals surface area contributed by atoms with Crippen molar-refractivity contribution in [1.29, 1.82) is 0 Å². The van der Waals surface area contributed by atoms with Gasteiger partial charge in [-0.25, -0.2) is 0 Å². The van der Waals surface area contributed by atoms with Gasteiger partial charge in [0.15, 0.2) is 3.95 Å². The Kier molecular flexibility index (Phi) is 4.47. The lowest BCUT2D eigenvalue weighted by Crippen LogP contribution is -2.22. The van der Waals surface area contributed by atoms with Gasteiger partial charge in [-0.2, -0.15) is 4.68 Å². The van der Waals surface area contributed by atoms with E-state index in [2.05, 4.69) is 10.4 Å². The van der Waals surface area contributed by atoms with E-state index in [4.69, 9.17) is 12.2 Å². The van der Waals surface area contributed by atoms with E-state index < -0.39 is 0 Å². The number of hydrogen-bond acceptors (Lipinski definition) is 5. The Labute approximate surface area is 164 Å². The van der Waals surface area contributed by atoms with E-state index in [1.807, 2.05) is 43.3 Å². The Morgan fingerprint density at radius 2 is 1.89 bits per heavy atom. The van der Waals surface area contributed by atoms with Gasteiger partial charge in [0, 0.05) is 22.4 Å². The van der Waals surface area contributed by atoms with Crippen LogP contribution in [0.15, 0.2) is 59.6 Å². The van der Waals surface area contributed by atoms with E-state index in [9.17, 15) is 9.90 Å². The van der Waals surface area contributed by atoms with Crippen molar-refractivity contribution in [3.8, 4) is 5.88 Å². The number of carbonyl (C=O) groups is 1. The fraction of sp³-hybridized carbons (Fsp3) is 0.0500. The molecule has 0 spiro atoms. The number of fused-ring (bicyclic) bond motifs is 1. The molecule has 1 aromatic heterocycles. The van der Waals surface area contributed by atoms with Gasteiger partial charge in [0.05, 0.1) is 10.6 Å². The molecule has 3 aromatic rings. The maximum atomic E-state index is 12.4. The number of para-hydroxylation sites is 1. The summed E-state index contributed by atoms with van der Waals surface area (Å²) >= 11 is 6.55. The third-order valence-corrected chi connectivity index (χ3v) is 5.52. The summed E-state index contributed by atoms with van der Waals surface area (Å²) < 4.78 is 1.58. The molecule has 0 saturated carbocycles. The topological polar surface area (TPSA) is 66.6 Å². The normalized spacial score (nSPS) is 14.1. The number of nitrogens with one attached hydrogen (secondary N) is 1. The first kappa shape index (κ1) is 17.4. The van der Waals surface area contributed by atoms with Crippen molar-refractivity contribution in [2.75, 3.05) is 5.43 Å². The second kappa shape index (κ2) is 6.94. The van der Waals surface area contributed by atoms with Crippen LogP contribution in [0.2, 0.25) is 0 Å². The Balaban J connectivity index is 1.69. The highest BCUT2D eigenvalue weighted by Crippen LogP contribution is 2.38. The van der Waals surface area contributed by atoms with Crippen molar-refractivity contribution < 1.29 is 9.90 Å². The number of rotatable bonds is 3. The van der Waals surface area contributed by atoms with E-state index >= 15 is 0 Å². The second-order valence-electron chi connectivity index (χ2n) is 5.97. The molecule has 7 heteroatoms. The minimum absolute atomic E-state index is 0.0982. The van der Waals surface area contributed by atoms with Crippen molar-refractivity contribution in [3.05, 3.63) is 74.6 Å². The Morgan fingerprint density at radius 3 is 2.67 bits per heavy atom. The van der Waals surface area contributed by atoms with Crippen molar-refractivity contribution in [3.63, 3.8) is 0 Å².